The number of rotatable bonds is 37. The van der Waals surface area contributed by atoms with Crippen LogP contribution >= 0.6 is 0 Å². The summed E-state index contributed by atoms with van der Waals surface area (Å²) in [5.41, 5.74) is 0.754. The molecular formula is C71H100O17. The summed E-state index contributed by atoms with van der Waals surface area (Å²) in [6.07, 6.45) is 69.5. The average Bonchev–Trinajstić information content (AvgIpc) is 3.62. The zero-order valence-corrected chi connectivity index (χ0v) is 51.8. The molecule has 0 saturated carbocycles. The molecule has 0 aliphatic rings. The van der Waals surface area contributed by atoms with Gasteiger partial charge in [-0.3, -0.25) is 24.1 Å². The Bertz CT molecular complexity index is 2680. The van der Waals surface area contributed by atoms with Gasteiger partial charge in [-0.25, -0.2) is 19.2 Å². The van der Waals surface area contributed by atoms with Crippen LogP contribution in [0.5, 0.6) is 0 Å². The number of aromatic carboxylic acids is 1. The van der Waals surface area contributed by atoms with Crippen LogP contribution in [0.1, 0.15) is 193 Å². The molecule has 0 atom stereocenters. The molecule has 0 fully saturated rings. The van der Waals surface area contributed by atoms with Gasteiger partial charge < -0.3 is 34.7 Å². The SMILES string of the molecule is C.CC(=O)/C=C/C(=O)O.CC/C=C\C/C=C\C/C=C\C/C=C\C/C=C\C/C=C\CC(=O)O.CC/C=C\C/C=C\C/C=C\C/C=C\C/C=C\CCCC(=O)O.CCCCCCCC(C)=O.Cc1cccc2oc(C(=O)O)cc(=O)c12.O=C(O)/C=C/C(=O)OO. The van der Waals surface area contributed by atoms with E-state index in [1.54, 1.807) is 38.1 Å². The molecule has 0 unspecified atom stereocenters. The number of fused-ring (bicyclic) bond motifs is 1. The van der Waals surface area contributed by atoms with Crippen LogP contribution in [0.15, 0.2) is 191 Å². The van der Waals surface area contributed by atoms with Gasteiger partial charge in [0.25, 0.3) is 0 Å². The summed E-state index contributed by atoms with van der Waals surface area (Å²) in [7, 11) is 0. The normalized spacial score (nSPS) is 11.4. The quantitative estimate of drug-likeness (QED) is 0.0120. The minimum Gasteiger partial charge on any atom is -0.481 e. The van der Waals surface area contributed by atoms with Crippen molar-refractivity contribution in [3.8, 4) is 0 Å². The maximum absolute atomic E-state index is 11.6. The Morgan fingerprint density at radius 2 is 0.898 bits per heavy atom. The molecule has 1 heterocycles. The highest BCUT2D eigenvalue weighted by molar-refractivity contribution is 5.93. The fourth-order valence-corrected chi connectivity index (χ4v) is 6.27. The molecular weight excluding hydrogens is 1120 g/mol. The van der Waals surface area contributed by atoms with Gasteiger partial charge in [-0.05, 0) is 128 Å². The van der Waals surface area contributed by atoms with Gasteiger partial charge in [0.15, 0.2) is 11.2 Å². The maximum Gasteiger partial charge on any atom is 0.371 e. The van der Waals surface area contributed by atoms with Crippen LogP contribution in [0.2, 0.25) is 0 Å². The third kappa shape index (κ3) is 71.4. The number of ketones is 2. The second kappa shape index (κ2) is 67.3. The number of aliphatic carboxylic acids is 4. The molecule has 2 rings (SSSR count). The van der Waals surface area contributed by atoms with E-state index in [0.29, 0.717) is 28.9 Å². The molecule has 2 aromatic rings. The lowest BCUT2D eigenvalue weighted by Crippen LogP contribution is -2.07. The third-order valence-electron chi connectivity index (χ3n) is 10.5. The van der Waals surface area contributed by atoms with Crippen molar-refractivity contribution in [2.24, 2.45) is 0 Å². The Kier molecular flexibility index (Phi) is 67.3. The van der Waals surface area contributed by atoms with Crippen molar-refractivity contribution in [3.05, 3.63) is 204 Å². The van der Waals surface area contributed by atoms with Crippen molar-refractivity contribution in [2.45, 2.75) is 184 Å². The van der Waals surface area contributed by atoms with Crippen LogP contribution in [0.3, 0.4) is 0 Å². The van der Waals surface area contributed by atoms with Crippen molar-refractivity contribution in [3.63, 3.8) is 0 Å². The summed E-state index contributed by atoms with van der Waals surface area (Å²) in [4.78, 5) is 95.6. The van der Waals surface area contributed by atoms with Crippen molar-refractivity contribution in [1.82, 2.24) is 0 Å². The van der Waals surface area contributed by atoms with Gasteiger partial charge in [0.05, 0.1) is 11.8 Å². The molecule has 6 N–H and O–H groups in total. The number of hydrogen-bond acceptors (Lipinski definition) is 12. The maximum atomic E-state index is 11.6. The van der Waals surface area contributed by atoms with E-state index < -0.39 is 35.8 Å². The fourth-order valence-electron chi connectivity index (χ4n) is 6.27. The molecule has 17 heteroatoms. The van der Waals surface area contributed by atoms with Gasteiger partial charge in [-0.15, -0.1) is 0 Å². The summed E-state index contributed by atoms with van der Waals surface area (Å²) in [5.74, 6) is -6.49. The number of carboxylic acids is 5. The largest absolute Gasteiger partial charge is 0.481 e. The molecule has 0 saturated heterocycles. The van der Waals surface area contributed by atoms with Gasteiger partial charge in [0, 0.05) is 37.1 Å². The predicted octanol–water partition coefficient (Wildman–Crippen LogP) is 17.4. The Hall–Kier alpha value is -8.83. The summed E-state index contributed by atoms with van der Waals surface area (Å²) in [6.45, 7) is 11.2. The topological polar surface area (TPSA) is 297 Å². The van der Waals surface area contributed by atoms with Crippen LogP contribution in [-0.2, 0) is 38.4 Å². The average molecular weight is 1230 g/mol. The van der Waals surface area contributed by atoms with Crippen molar-refractivity contribution >= 4 is 58.4 Å². The summed E-state index contributed by atoms with van der Waals surface area (Å²) in [5, 5.41) is 49.4. The first-order valence-corrected chi connectivity index (χ1v) is 29.2. The number of allylic oxidation sites excluding steroid dienone is 22. The lowest BCUT2D eigenvalue weighted by atomic mass is 10.1. The van der Waals surface area contributed by atoms with Crippen LogP contribution in [0, 0.1) is 6.92 Å². The molecule has 1 aromatic heterocycles. The zero-order valence-electron chi connectivity index (χ0n) is 51.8. The third-order valence-corrected chi connectivity index (χ3v) is 10.5. The van der Waals surface area contributed by atoms with Crippen molar-refractivity contribution < 1.29 is 78.5 Å². The minimum absolute atomic E-state index is 0. The molecule has 0 bridgehead atoms. The molecule has 0 radical (unpaired) electrons. The van der Waals surface area contributed by atoms with Crippen LogP contribution in [-0.4, -0.2) is 78.2 Å². The van der Waals surface area contributed by atoms with Gasteiger partial charge >= 0.3 is 35.8 Å². The van der Waals surface area contributed by atoms with Gasteiger partial charge in [-0.1, -0.05) is 200 Å². The highest BCUT2D eigenvalue weighted by Crippen LogP contribution is 2.16. The lowest BCUT2D eigenvalue weighted by Gasteiger charge is -2.00. The zero-order chi connectivity index (χ0) is 66.0. The second-order valence-corrected chi connectivity index (χ2v) is 18.5. The van der Waals surface area contributed by atoms with Gasteiger partial charge in [0.1, 0.15) is 11.4 Å². The molecule has 0 aliphatic carbocycles. The van der Waals surface area contributed by atoms with Crippen molar-refractivity contribution in [1.29, 1.82) is 0 Å². The van der Waals surface area contributed by atoms with Crippen LogP contribution in [0.4, 0.5) is 0 Å². The Balaban J connectivity index is -0.000000326. The van der Waals surface area contributed by atoms with Gasteiger partial charge in [0.2, 0.25) is 5.76 Å². The van der Waals surface area contributed by atoms with E-state index in [1.807, 2.05) is 6.08 Å². The van der Waals surface area contributed by atoms with E-state index in [0.717, 1.165) is 120 Å². The van der Waals surface area contributed by atoms with E-state index in [1.165, 1.54) is 32.6 Å². The van der Waals surface area contributed by atoms with Crippen LogP contribution in [0.25, 0.3) is 11.0 Å². The Labute approximate surface area is 522 Å². The van der Waals surface area contributed by atoms with E-state index >= 15 is 0 Å². The van der Waals surface area contributed by atoms with Crippen LogP contribution < -0.4 is 5.43 Å². The molecule has 0 amide bonds. The highest BCUT2D eigenvalue weighted by atomic mass is 17.1. The highest BCUT2D eigenvalue weighted by Gasteiger charge is 2.11. The number of carbonyl (C=O) groups excluding carboxylic acids is 3. The fraction of sp³-hybridized carbons (Fsp3) is 0.394. The van der Waals surface area contributed by atoms with E-state index in [2.05, 4.69) is 147 Å². The number of Topliss-reactive ketones (excluding diaryl/α,β-unsaturated/α-hetero) is 1. The van der Waals surface area contributed by atoms with E-state index in [9.17, 15) is 43.2 Å². The predicted molar refractivity (Wildman–Crippen MR) is 354 cm³/mol. The second-order valence-electron chi connectivity index (χ2n) is 18.5. The van der Waals surface area contributed by atoms with Gasteiger partial charge in [-0.2, -0.15) is 5.26 Å². The number of aryl methyl sites for hydroxylation is 1. The number of carbonyl (C=O) groups is 8. The smallest absolute Gasteiger partial charge is 0.371 e. The minimum atomic E-state index is -1.28. The summed E-state index contributed by atoms with van der Waals surface area (Å²) >= 11 is 0. The first-order chi connectivity index (χ1) is 41.7. The first-order valence-electron chi connectivity index (χ1n) is 29.2. The number of benzene rings is 1. The molecule has 17 nitrogen and oxygen atoms in total. The molecule has 1 aromatic carbocycles. The summed E-state index contributed by atoms with van der Waals surface area (Å²) < 4.78 is 5.09. The molecule has 486 valence electrons. The molecule has 88 heavy (non-hydrogen) atoms. The Morgan fingerprint density at radius 3 is 1.25 bits per heavy atom. The van der Waals surface area contributed by atoms with E-state index in [-0.39, 0.29) is 37.2 Å². The standard InChI is InChI=1S/C21H30O2.C20H30O2.C11H8O4.C9H18O.C5H6O3.C4H4O5.CH4/c1-2-3-4-5-6-7-8-9-10-11-12-13-14-15-16-17-18-19-20-21(22)23;1-2-3-4-5-6-7-8-9-10-11-12-13-14-15-16-17-18-19-20(21)22;1-6-3-2-4-8-10(6)7(12)5-9(15-8)11(13)14;1-3-4-5-6-7-8-9(2)10;1-4(6)2-3-5(7)8;5-3(6)1-2-4(7)9-8;/h3-4,6-7,9-10,12-13,15-16,18-19H,2,5,8,11,14,17,20H2,1H3,(H,22,23);3-4,6-7,9-10,12-13,15-16H,2,5,8,11,14,17-19H2,1H3,(H,21,22);2-5H,1H3,(H,13,14);3-8H2,1-2H3;2-3H,1H3,(H,7,8);1-2,8H,(H,5,6);1H4/b4-3-,7-6-,10-9-,13-12-,16-15-,19-18-;4-3-,7-6-,10-9-,13-12-,16-15-;;;3-2+;2-1+;. The lowest BCUT2D eigenvalue weighted by molar-refractivity contribution is -0.228. The molecule has 0 aliphatic heterocycles. The van der Waals surface area contributed by atoms with E-state index in [4.69, 9.17) is 35.2 Å². The van der Waals surface area contributed by atoms with Crippen molar-refractivity contribution in [2.75, 3.05) is 0 Å². The summed E-state index contributed by atoms with van der Waals surface area (Å²) in [6, 6.07) is 6.07. The monoisotopic (exact) mass is 1220 g/mol. The number of carboxylic acid groups (broad SMARTS) is 5. The Morgan fingerprint density at radius 1 is 0.489 bits per heavy atom. The first kappa shape index (κ1) is 87.9. The number of hydrogen-bond donors (Lipinski definition) is 6. The molecule has 0 spiro atoms. The number of unbranched alkanes of at least 4 members (excludes halogenated alkanes) is 5.